The molecule has 0 aliphatic rings. The summed E-state index contributed by atoms with van der Waals surface area (Å²) >= 11 is 0. The fraction of sp³-hybridized carbons (Fsp3) is 0.150. The summed E-state index contributed by atoms with van der Waals surface area (Å²) in [5.74, 6) is 0.194. The van der Waals surface area contributed by atoms with Gasteiger partial charge in [-0.2, -0.15) is 0 Å². The summed E-state index contributed by atoms with van der Waals surface area (Å²) in [4.78, 5) is 35.8. The molecule has 3 aromatic rings. The lowest BCUT2D eigenvalue weighted by molar-refractivity contribution is 0.0602. The largest absolute Gasteiger partial charge is 0.497 e. The summed E-state index contributed by atoms with van der Waals surface area (Å²) in [6, 6.07) is 13.9. The third-order valence-corrected chi connectivity index (χ3v) is 4.13. The first-order chi connectivity index (χ1) is 13.0. The third-order valence-electron chi connectivity index (χ3n) is 4.13. The predicted molar refractivity (Wildman–Crippen MR) is 103 cm³/mol. The molecule has 27 heavy (non-hydrogen) atoms. The highest BCUT2D eigenvalue weighted by molar-refractivity contribution is 5.97. The number of carbonyl (C=O) groups excluding carboxylic acids is 1. The molecule has 0 aliphatic carbocycles. The van der Waals surface area contributed by atoms with Gasteiger partial charge >= 0.3 is 5.97 Å². The summed E-state index contributed by atoms with van der Waals surface area (Å²) in [6.45, 7) is 0.363. The molecule has 0 atom stereocenters. The van der Waals surface area contributed by atoms with Crippen LogP contribution in [0, 0.1) is 0 Å². The molecule has 0 fully saturated rings. The lowest BCUT2D eigenvalue weighted by Gasteiger charge is -2.16. The lowest BCUT2D eigenvalue weighted by atomic mass is 10.1. The van der Waals surface area contributed by atoms with Gasteiger partial charge in [-0.3, -0.25) is 9.59 Å². The van der Waals surface area contributed by atoms with Gasteiger partial charge in [-0.15, -0.1) is 0 Å². The molecular weight excluding hydrogens is 348 g/mol. The summed E-state index contributed by atoms with van der Waals surface area (Å²) < 4.78 is 9.84. The van der Waals surface area contributed by atoms with E-state index >= 15 is 0 Å². The van der Waals surface area contributed by atoms with Crippen molar-refractivity contribution in [2.75, 3.05) is 24.9 Å². The van der Waals surface area contributed by atoms with Gasteiger partial charge in [-0.05, 0) is 29.8 Å². The van der Waals surface area contributed by atoms with Crippen molar-refractivity contribution in [2.24, 2.45) is 0 Å². The zero-order valence-corrected chi connectivity index (χ0v) is 14.9. The fourth-order valence-electron chi connectivity index (χ4n) is 2.63. The van der Waals surface area contributed by atoms with Gasteiger partial charge in [0.15, 0.2) is 0 Å². The Morgan fingerprint density at radius 3 is 2.26 bits per heavy atom. The van der Waals surface area contributed by atoms with E-state index in [0.29, 0.717) is 12.2 Å². The molecule has 0 aromatic heterocycles. The molecule has 0 radical (unpaired) electrons. The molecule has 0 amide bonds. The molecule has 7 nitrogen and oxygen atoms in total. The first-order valence-corrected chi connectivity index (χ1v) is 8.19. The van der Waals surface area contributed by atoms with Crippen molar-refractivity contribution in [3.8, 4) is 5.75 Å². The van der Waals surface area contributed by atoms with Crippen molar-refractivity contribution in [2.45, 2.75) is 6.54 Å². The van der Waals surface area contributed by atoms with Gasteiger partial charge in [0.2, 0.25) is 0 Å². The van der Waals surface area contributed by atoms with Crippen molar-refractivity contribution < 1.29 is 14.3 Å². The Balaban J connectivity index is 1.79. The van der Waals surface area contributed by atoms with Crippen LogP contribution in [-0.4, -0.2) is 20.2 Å². The van der Waals surface area contributed by atoms with Crippen LogP contribution >= 0.6 is 0 Å². The molecule has 138 valence electrons. The quantitative estimate of drug-likeness (QED) is 0.490. The number of para-hydroxylation sites is 1. The van der Waals surface area contributed by atoms with Crippen molar-refractivity contribution in [1.82, 2.24) is 0 Å². The Bertz CT molecular complexity index is 1030. The van der Waals surface area contributed by atoms with Crippen LogP contribution in [0.4, 0.5) is 17.1 Å². The SMILES string of the molecule is COC(=O)c1ccccc1Nc1c(NCc2ccc(OC)cc2)c(=O)c1=O. The summed E-state index contributed by atoms with van der Waals surface area (Å²) in [5.41, 5.74) is 0.677. The molecule has 0 unspecified atom stereocenters. The smallest absolute Gasteiger partial charge is 0.339 e. The van der Waals surface area contributed by atoms with E-state index in [-0.39, 0.29) is 16.9 Å². The highest BCUT2D eigenvalue weighted by Gasteiger charge is 2.22. The molecule has 0 aliphatic heterocycles. The highest BCUT2D eigenvalue weighted by Crippen LogP contribution is 2.24. The van der Waals surface area contributed by atoms with Crippen LogP contribution in [0.1, 0.15) is 15.9 Å². The van der Waals surface area contributed by atoms with Gasteiger partial charge in [0.1, 0.15) is 17.1 Å². The van der Waals surface area contributed by atoms with Crippen LogP contribution in [0.3, 0.4) is 0 Å². The fourth-order valence-corrected chi connectivity index (χ4v) is 2.63. The van der Waals surface area contributed by atoms with E-state index in [1.54, 1.807) is 31.4 Å². The second-order valence-corrected chi connectivity index (χ2v) is 5.77. The number of anilines is 3. The minimum absolute atomic E-state index is 0.130. The van der Waals surface area contributed by atoms with E-state index in [9.17, 15) is 14.4 Å². The van der Waals surface area contributed by atoms with E-state index in [1.165, 1.54) is 7.11 Å². The third kappa shape index (κ3) is 3.67. The van der Waals surface area contributed by atoms with Crippen molar-refractivity contribution in [3.63, 3.8) is 0 Å². The Morgan fingerprint density at radius 2 is 1.59 bits per heavy atom. The van der Waals surface area contributed by atoms with Gasteiger partial charge < -0.3 is 20.1 Å². The van der Waals surface area contributed by atoms with E-state index in [0.717, 1.165) is 11.3 Å². The van der Waals surface area contributed by atoms with Gasteiger partial charge in [-0.1, -0.05) is 24.3 Å². The molecular formula is C20H18N2O5. The number of methoxy groups -OCH3 is 2. The number of rotatable bonds is 7. The van der Waals surface area contributed by atoms with E-state index < -0.39 is 16.8 Å². The molecule has 0 saturated carbocycles. The zero-order chi connectivity index (χ0) is 19.4. The van der Waals surface area contributed by atoms with Gasteiger partial charge in [0, 0.05) is 6.54 Å². The van der Waals surface area contributed by atoms with Gasteiger partial charge in [0.05, 0.1) is 25.5 Å². The van der Waals surface area contributed by atoms with Crippen molar-refractivity contribution in [1.29, 1.82) is 0 Å². The number of ether oxygens (including phenoxy) is 2. The molecule has 3 aromatic carbocycles. The van der Waals surface area contributed by atoms with Crippen LogP contribution in [0.2, 0.25) is 0 Å². The molecule has 3 rings (SSSR count). The van der Waals surface area contributed by atoms with Gasteiger partial charge in [-0.25, -0.2) is 4.79 Å². The van der Waals surface area contributed by atoms with Crippen molar-refractivity contribution in [3.05, 3.63) is 80.1 Å². The second kappa shape index (κ2) is 7.74. The number of hydrogen-bond donors (Lipinski definition) is 2. The summed E-state index contributed by atoms with van der Waals surface area (Å²) in [5, 5.41) is 5.85. The van der Waals surface area contributed by atoms with E-state index in [4.69, 9.17) is 9.47 Å². The van der Waals surface area contributed by atoms with E-state index in [2.05, 4.69) is 10.6 Å². The summed E-state index contributed by atoms with van der Waals surface area (Å²) in [7, 11) is 2.86. The minimum atomic E-state index is -0.633. The monoisotopic (exact) mass is 366 g/mol. The maximum absolute atomic E-state index is 12.0. The normalized spacial score (nSPS) is 10.4. The lowest BCUT2D eigenvalue weighted by Crippen LogP contribution is -2.36. The molecule has 0 saturated heterocycles. The van der Waals surface area contributed by atoms with E-state index in [1.807, 2.05) is 24.3 Å². The minimum Gasteiger partial charge on any atom is -0.497 e. The predicted octanol–water partition coefficient (Wildman–Crippen LogP) is 2.43. The average molecular weight is 366 g/mol. The van der Waals surface area contributed by atoms with Crippen LogP contribution < -0.4 is 26.2 Å². The number of hydrogen-bond acceptors (Lipinski definition) is 7. The van der Waals surface area contributed by atoms with Crippen molar-refractivity contribution >= 4 is 23.0 Å². The number of esters is 1. The van der Waals surface area contributed by atoms with Gasteiger partial charge in [0.25, 0.3) is 10.9 Å². The highest BCUT2D eigenvalue weighted by atomic mass is 16.5. The first kappa shape index (κ1) is 18.2. The molecule has 2 N–H and O–H groups in total. The van der Waals surface area contributed by atoms with Crippen LogP contribution in [0.25, 0.3) is 0 Å². The van der Waals surface area contributed by atoms with Crippen LogP contribution in [-0.2, 0) is 11.3 Å². The number of carbonyl (C=O) groups is 1. The van der Waals surface area contributed by atoms with Crippen LogP contribution in [0.15, 0.2) is 58.1 Å². The molecule has 0 spiro atoms. The molecule has 7 heteroatoms. The maximum atomic E-state index is 12.0. The van der Waals surface area contributed by atoms with Crippen LogP contribution in [0.5, 0.6) is 5.75 Å². The Hall–Kier alpha value is -3.61. The first-order valence-electron chi connectivity index (χ1n) is 8.19. The molecule has 0 heterocycles. The Labute approximate surface area is 155 Å². The summed E-state index contributed by atoms with van der Waals surface area (Å²) in [6.07, 6.45) is 0. The number of benzene rings is 2. The average Bonchev–Trinajstić information content (AvgIpc) is 2.72. The standard InChI is InChI=1S/C20H18N2O5/c1-26-13-9-7-12(8-10-13)11-21-16-17(19(24)18(16)23)22-15-6-4-3-5-14(15)20(25)27-2/h3-10,21-22H,11H2,1-2H3. The second-order valence-electron chi connectivity index (χ2n) is 5.77. The Morgan fingerprint density at radius 1 is 0.926 bits per heavy atom. The number of nitrogens with one attached hydrogen (secondary N) is 2. The topological polar surface area (TPSA) is 93.7 Å². The molecule has 0 bridgehead atoms. The maximum Gasteiger partial charge on any atom is 0.339 e. The zero-order valence-electron chi connectivity index (χ0n) is 14.9. The Kier molecular flexibility index (Phi) is 5.21.